The summed E-state index contributed by atoms with van der Waals surface area (Å²) >= 11 is 0. The van der Waals surface area contributed by atoms with E-state index in [0.717, 1.165) is 66.9 Å². The van der Waals surface area contributed by atoms with E-state index in [9.17, 15) is 19.8 Å². The largest absolute Gasteiger partial charge is 0.481 e. The number of aromatic nitrogens is 2. The molecule has 0 amide bonds. The quantitative estimate of drug-likeness (QED) is 0.306. The maximum absolute atomic E-state index is 11.5. The van der Waals surface area contributed by atoms with Crippen molar-refractivity contribution in [1.82, 2.24) is 20.6 Å². The van der Waals surface area contributed by atoms with Crippen LogP contribution in [-0.2, 0) is 16.0 Å². The van der Waals surface area contributed by atoms with Gasteiger partial charge in [-0.3, -0.25) is 9.59 Å². The monoisotopic (exact) mass is 554 g/mol. The zero-order chi connectivity index (χ0) is 29.6. The van der Waals surface area contributed by atoms with E-state index < -0.39 is 11.9 Å². The predicted molar refractivity (Wildman–Crippen MR) is 163 cm³/mol. The van der Waals surface area contributed by atoms with Crippen molar-refractivity contribution in [1.29, 1.82) is 0 Å². The minimum Gasteiger partial charge on any atom is -0.481 e. The lowest BCUT2D eigenvalue weighted by Gasteiger charge is -2.12. The van der Waals surface area contributed by atoms with Gasteiger partial charge in [0.1, 0.15) is 0 Å². The van der Waals surface area contributed by atoms with Crippen molar-refractivity contribution in [3.05, 3.63) is 84.6 Å². The Morgan fingerprint density at radius 3 is 2.10 bits per heavy atom. The molecule has 2 unspecified atom stereocenters. The Labute approximate surface area is 239 Å². The van der Waals surface area contributed by atoms with Gasteiger partial charge in [-0.1, -0.05) is 12.7 Å². The molecule has 8 nitrogen and oxygen atoms in total. The molecule has 5 rings (SSSR count). The Morgan fingerprint density at radius 2 is 1.41 bits per heavy atom. The first-order chi connectivity index (χ1) is 19.5. The maximum atomic E-state index is 11.5. The van der Waals surface area contributed by atoms with Crippen LogP contribution in [0.15, 0.2) is 40.3 Å². The van der Waals surface area contributed by atoms with E-state index in [4.69, 9.17) is 0 Å². The highest BCUT2D eigenvalue weighted by molar-refractivity contribution is 5.76. The Balaban J connectivity index is 1.78. The molecule has 6 N–H and O–H groups in total. The van der Waals surface area contributed by atoms with E-state index in [-0.39, 0.29) is 24.9 Å². The second kappa shape index (κ2) is 10.8. The molecule has 0 spiro atoms. The fourth-order valence-electron chi connectivity index (χ4n) is 6.13. The summed E-state index contributed by atoms with van der Waals surface area (Å²) in [5.41, 5.74) is 12.4. The summed E-state index contributed by atoms with van der Waals surface area (Å²) in [5.74, 6) is -1.69. The number of hydrogen-bond donors (Lipinski definition) is 6. The van der Waals surface area contributed by atoms with Crippen LogP contribution >= 0.6 is 0 Å². The van der Waals surface area contributed by atoms with E-state index in [1.807, 2.05) is 19.9 Å². The highest BCUT2D eigenvalue weighted by atomic mass is 16.4. The molecule has 2 aromatic heterocycles. The van der Waals surface area contributed by atoms with Gasteiger partial charge in [0.15, 0.2) is 0 Å². The number of carbonyl (C=O) groups is 2. The third kappa shape index (κ3) is 5.22. The highest BCUT2D eigenvalue weighted by Gasteiger charge is 2.27. The minimum absolute atomic E-state index is 0.0232. The summed E-state index contributed by atoms with van der Waals surface area (Å²) in [6.07, 6.45) is 11.2. The number of hydrogen-bond acceptors (Lipinski definition) is 4. The fraction of sp³-hybridized carbons (Fsp3) is 0.333. The van der Waals surface area contributed by atoms with Crippen molar-refractivity contribution < 1.29 is 19.8 Å². The standard InChI is InChI=1S/C33H38N4O4/c1-7-21-18(4)26-13-28-20(6)23(9-11-33(40)41)31(37-28)15-30-22(8-10-32(38)39)19(5)27(36-30)12-24-16(2)17(3)25(34-24)14-29(21)35-26/h7,12-15,24,31,34-37H,1,8-11H2,2-6H3,(H,38,39)(H,40,41). The van der Waals surface area contributed by atoms with Gasteiger partial charge < -0.3 is 30.8 Å². The first-order valence-electron chi connectivity index (χ1n) is 14.0. The van der Waals surface area contributed by atoms with Crippen LogP contribution in [0.5, 0.6) is 0 Å². The minimum atomic E-state index is -0.844. The molecular weight excluding hydrogens is 516 g/mol. The zero-order valence-corrected chi connectivity index (χ0v) is 24.3. The van der Waals surface area contributed by atoms with Crippen molar-refractivity contribution in [3.8, 4) is 0 Å². The maximum Gasteiger partial charge on any atom is 0.303 e. The molecule has 0 saturated heterocycles. The average Bonchev–Trinajstić information content (AvgIpc) is 3.56. The molecule has 0 aromatic carbocycles. The predicted octanol–water partition coefficient (Wildman–Crippen LogP) is 4.04. The van der Waals surface area contributed by atoms with E-state index >= 15 is 0 Å². The second-order valence-electron chi connectivity index (χ2n) is 11.2. The van der Waals surface area contributed by atoms with Gasteiger partial charge in [-0.2, -0.15) is 0 Å². The van der Waals surface area contributed by atoms with Crippen LogP contribution in [0, 0.1) is 13.8 Å². The van der Waals surface area contributed by atoms with Crippen molar-refractivity contribution in [2.75, 3.05) is 0 Å². The smallest absolute Gasteiger partial charge is 0.303 e. The molecule has 41 heavy (non-hydrogen) atoms. The van der Waals surface area contributed by atoms with Gasteiger partial charge in [-0.25, -0.2) is 0 Å². The third-order valence-electron chi connectivity index (χ3n) is 8.81. The summed E-state index contributed by atoms with van der Waals surface area (Å²) in [6, 6.07) is -0.268. The van der Waals surface area contributed by atoms with E-state index in [1.54, 1.807) is 0 Å². The van der Waals surface area contributed by atoms with Crippen LogP contribution in [0.2, 0.25) is 0 Å². The molecule has 8 heteroatoms. The van der Waals surface area contributed by atoms with Crippen molar-refractivity contribution in [3.63, 3.8) is 0 Å². The molecule has 214 valence electrons. The molecule has 8 bridgehead atoms. The number of carboxylic acid groups (broad SMARTS) is 2. The van der Waals surface area contributed by atoms with Gasteiger partial charge in [0.25, 0.3) is 0 Å². The SMILES string of the molecule is C=Cc1c2[nH]c(c1C)C=C1NC(C=c3[nH]c(c(C)c3CCC(=O)O)=CC3NC(=C2)C(C)=C3C)C(CCC(=O)O)=C1C. The first-order valence-corrected chi connectivity index (χ1v) is 14.0. The topological polar surface area (TPSA) is 130 Å². The Bertz CT molecular complexity index is 1720. The third-order valence-corrected chi connectivity index (χ3v) is 8.81. The Kier molecular flexibility index (Phi) is 7.43. The number of nitrogens with one attached hydrogen (secondary N) is 4. The molecule has 2 atom stereocenters. The summed E-state index contributed by atoms with van der Waals surface area (Å²) in [7, 11) is 0. The van der Waals surface area contributed by atoms with Crippen LogP contribution in [-0.4, -0.2) is 44.2 Å². The molecular formula is C33H38N4O4. The number of rotatable bonds is 7. The van der Waals surface area contributed by atoms with E-state index in [2.05, 4.69) is 72.3 Å². The molecule has 0 aliphatic carbocycles. The second-order valence-corrected chi connectivity index (χ2v) is 11.2. The van der Waals surface area contributed by atoms with Crippen LogP contribution in [0.25, 0.3) is 30.4 Å². The molecule has 5 heterocycles. The number of fused-ring (bicyclic) bond motifs is 8. The van der Waals surface area contributed by atoms with Gasteiger partial charge in [0, 0.05) is 51.9 Å². The van der Waals surface area contributed by atoms with Crippen LogP contribution in [0.4, 0.5) is 0 Å². The van der Waals surface area contributed by atoms with Crippen LogP contribution in [0.1, 0.15) is 73.7 Å². The molecule has 2 aromatic rings. The van der Waals surface area contributed by atoms with Crippen LogP contribution in [0.3, 0.4) is 0 Å². The van der Waals surface area contributed by atoms with Gasteiger partial charge in [-0.15, -0.1) is 0 Å². The van der Waals surface area contributed by atoms with E-state index in [0.29, 0.717) is 12.8 Å². The molecule has 3 aliphatic heterocycles. The fourth-order valence-corrected chi connectivity index (χ4v) is 6.13. The zero-order valence-electron chi connectivity index (χ0n) is 24.3. The number of aliphatic carboxylic acids is 2. The lowest BCUT2D eigenvalue weighted by Crippen LogP contribution is -2.27. The number of carboxylic acids is 2. The van der Waals surface area contributed by atoms with Crippen molar-refractivity contribution in [2.24, 2.45) is 0 Å². The van der Waals surface area contributed by atoms with Gasteiger partial charge in [0.2, 0.25) is 0 Å². The summed E-state index contributed by atoms with van der Waals surface area (Å²) < 4.78 is 0. The lowest BCUT2D eigenvalue weighted by atomic mass is 9.98. The van der Waals surface area contributed by atoms with Gasteiger partial charge in [-0.05, 0) is 111 Å². The summed E-state index contributed by atoms with van der Waals surface area (Å²) in [4.78, 5) is 30.2. The van der Waals surface area contributed by atoms with Gasteiger partial charge >= 0.3 is 11.9 Å². The highest BCUT2D eigenvalue weighted by Crippen LogP contribution is 2.33. The molecule has 0 fully saturated rings. The molecule has 3 aliphatic rings. The first kappa shape index (κ1) is 28.1. The van der Waals surface area contributed by atoms with E-state index in [1.165, 1.54) is 11.1 Å². The Hall–Kier alpha value is -4.46. The molecule has 0 saturated carbocycles. The Morgan fingerprint density at radius 1 is 0.805 bits per heavy atom. The van der Waals surface area contributed by atoms with Crippen molar-refractivity contribution >= 4 is 42.3 Å². The normalized spacial score (nSPS) is 19.6. The number of allylic oxidation sites excluding steroid dienone is 2. The van der Waals surface area contributed by atoms with Crippen LogP contribution < -0.4 is 21.3 Å². The van der Waals surface area contributed by atoms with Gasteiger partial charge in [0.05, 0.1) is 12.1 Å². The lowest BCUT2D eigenvalue weighted by molar-refractivity contribution is -0.138. The average molecular weight is 555 g/mol. The summed E-state index contributed by atoms with van der Waals surface area (Å²) in [6.45, 7) is 14.4. The molecule has 0 radical (unpaired) electrons. The number of H-pyrrole nitrogens is 2. The van der Waals surface area contributed by atoms with Crippen molar-refractivity contribution in [2.45, 2.75) is 72.4 Å². The summed E-state index contributed by atoms with van der Waals surface area (Å²) in [5, 5.41) is 28.0. The number of aromatic amines is 2.